The number of hydrogen-bond acceptors (Lipinski definition) is 5. The molecule has 0 atom stereocenters. The molecule has 5 heteroatoms. The van der Waals surface area contributed by atoms with Crippen molar-refractivity contribution in [3.63, 3.8) is 0 Å². The van der Waals surface area contributed by atoms with Crippen LogP contribution in [0.1, 0.15) is 21.5 Å². The van der Waals surface area contributed by atoms with Crippen molar-refractivity contribution in [2.45, 2.75) is 6.61 Å². The van der Waals surface area contributed by atoms with Gasteiger partial charge < -0.3 is 19.3 Å². The van der Waals surface area contributed by atoms with Gasteiger partial charge >= 0.3 is 0 Å². The molecule has 0 saturated carbocycles. The fourth-order valence-electron chi connectivity index (χ4n) is 2.87. The Bertz CT molecular complexity index is 1070. The van der Waals surface area contributed by atoms with Crippen molar-refractivity contribution in [1.82, 2.24) is 0 Å². The van der Waals surface area contributed by atoms with Crippen molar-refractivity contribution in [2.75, 3.05) is 13.7 Å². The Kier molecular flexibility index (Phi) is 7.49. The van der Waals surface area contributed by atoms with Crippen LogP contribution >= 0.6 is 0 Å². The van der Waals surface area contributed by atoms with Crippen molar-refractivity contribution < 1.29 is 24.1 Å². The monoisotopic (exact) mass is 416 g/mol. The highest BCUT2D eigenvalue weighted by atomic mass is 16.5. The molecular weight excluding hydrogens is 392 g/mol. The Morgan fingerprint density at radius 1 is 1.00 bits per heavy atom. The molecule has 0 aliphatic rings. The zero-order valence-corrected chi connectivity index (χ0v) is 17.3. The minimum Gasteiger partial charge on any atom is -0.507 e. The molecule has 0 bridgehead atoms. The zero-order chi connectivity index (χ0) is 22.1. The second-order valence-electron chi connectivity index (χ2n) is 6.66. The van der Waals surface area contributed by atoms with Crippen molar-refractivity contribution in [1.29, 1.82) is 0 Å². The summed E-state index contributed by atoms with van der Waals surface area (Å²) < 4.78 is 16.5. The zero-order valence-electron chi connectivity index (χ0n) is 17.3. The molecule has 3 aromatic carbocycles. The molecule has 0 aromatic heterocycles. The second kappa shape index (κ2) is 10.7. The van der Waals surface area contributed by atoms with Crippen molar-refractivity contribution in [2.24, 2.45) is 0 Å². The maximum Gasteiger partial charge on any atom is 0.189 e. The summed E-state index contributed by atoms with van der Waals surface area (Å²) >= 11 is 0. The first-order valence-corrected chi connectivity index (χ1v) is 9.74. The van der Waals surface area contributed by atoms with Gasteiger partial charge in [0.05, 0.1) is 12.7 Å². The third kappa shape index (κ3) is 6.00. The Morgan fingerprint density at radius 2 is 1.81 bits per heavy atom. The van der Waals surface area contributed by atoms with Crippen LogP contribution in [0.3, 0.4) is 0 Å². The first kappa shape index (κ1) is 21.7. The lowest BCUT2D eigenvalue weighted by atomic mass is 10.1. The molecule has 0 spiro atoms. The predicted octanol–water partition coefficient (Wildman–Crippen LogP) is 5.44. The molecule has 5 nitrogen and oxygen atoms in total. The number of rotatable bonds is 10. The molecule has 0 unspecified atom stereocenters. The topological polar surface area (TPSA) is 65.0 Å². The normalized spacial score (nSPS) is 10.6. The van der Waals surface area contributed by atoms with E-state index in [-0.39, 0.29) is 17.1 Å². The van der Waals surface area contributed by atoms with Gasteiger partial charge in [-0.2, -0.15) is 0 Å². The van der Waals surface area contributed by atoms with Crippen LogP contribution in [-0.2, 0) is 6.61 Å². The van der Waals surface area contributed by atoms with Crippen LogP contribution in [0.4, 0.5) is 0 Å². The highest BCUT2D eigenvalue weighted by Crippen LogP contribution is 2.29. The quantitative estimate of drug-likeness (QED) is 0.271. The minimum absolute atomic E-state index is 0.133. The number of methoxy groups -OCH3 is 1. The molecular formula is C26H24O5. The van der Waals surface area contributed by atoms with Gasteiger partial charge in [0.2, 0.25) is 0 Å². The van der Waals surface area contributed by atoms with E-state index in [9.17, 15) is 9.90 Å². The van der Waals surface area contributed by atoms with Crippen LogP contribution in [0.2, 0.25) is 0 Å². The van der Waals surface area contributed by atoms with Crippen LogP contribution in [-0.4, -0.2) is 24.6 Å². The van der Waals surface area contributed by atoms with Crippen molar-refractivity contribution in [3.05, 3.63) is 102 Å². The molecule has 0 aliphatic heterocycles. The molecule has 0 aliphatic carbocycles. The molecule has 0 fully saturated rings. The number of carbonyl (C=O) groups excluding carboxylic acids is 1. The van der Waals surface area contributed by atoms with Crippen LogP contribution in [0.15, 0.2) is 85.5 Å². The number of ketones is 1. The summed E-state index contributed by atoms with van der Waals surface area (Å²) in [6.07, 6.45) is 4.70. The molecule has 158 valence electrons. The van der Waals surface area contributed by atoms with Gasteiger partial charge in [0.25, 0.3) is 0 Å². The highest BCUT2D eigenvalue weighted by Gasteiger charge is 2.10. The largest absolute Gasteiger partial charge is 0.507 e. The molecule has 31 heavy (non-hydrogen) atoms. The molecule has 0 heterocycles. The number of benzene rings is 3. The van der Waals surface area contributed by atoms with Gasteiger partial charge in [-0.25, -0.2) is 0 Å². The highest BCUT2D eigenvalue weighted by molar-refractivity contribution is 6.08. The average molecular weight is 416 g/mol. The molecule has 0 radical (unpaired) electrons. The Morgan fingerprint density at radius 3 is 2.52 bits per heavy atom. The first-order valence-electron chi connectivity index (χ1n) is 9.74. The summed E-state index contributed by atoms with van der Waals surface area (Å²) in [5.74, 6) is 1.18. The summed E-state index contributed by atoms with van der Waals surface area (Å²) in [5, 5.41) is 10.3. The maximum absolute atomic E-state index is 12.5. The molecule has 3 rings (SSSR count). The van der Waals surface area contributed by atoms with E-state index in [1.54, 1.807) is 43.5 Å². The van der Waals surface area contributed by atoms with E-state index in [2.05, 4.69) is 6.58 Å². The van der Waals surface area contributed by atoms with E-state index in [0.717, 1.165) is 11.1 Å². The lowest BCUT2D eigenvalue weighted by molar-refractivity contribution is 0.104. The van der Waals surface area contributed by atoms with E-state index < -0.39 is 0 Å². The number of phenols is 1. The predicted molar refractivity (Wildman–Crippen MR) is 121 cm³/mol. The fourth-order valence-corrected chi connectivity index (χ4v) is 2.87. The van der Waals surface area contributed by atoms with E-state index in [4.69, 9.17) is 14.2 Å². The number of phenolic OH excluding ortho intramolecular Hbond substituents is 1. The van der Waals surface area contributed by atoms with Gasteiger partial charge in [-0.15, -0.1) is 0 Å². The van der Waals surface area contributed by atoms with Gasteiger partial charge in [0, 0.05) is 6.07 Å². The summed E-state index contributed by atoms with van der Waals surface area (Å²) in [7, 11) is 1.55. The van der Waals surface area contributed by atoms with E-state index in [1.807, 2.05) is 36.4 Å². The number of ether oxygens (including phenoxy) is 3. The maximum atomic E-state index is 12.5. The van der Waals surface area contributed by atoms with Gasteiger partial charge in [-0.05, 0) is 41.5 Å². The minimum atomic E-state index is -0.321. The summed E-state index contributed by atoms with van der Waals surface area (Å²) in [4.78, 5) is 12.5. The van der Waals surface area contributed by atoms with E-state index >= 15 is 0 Å². The molecule has 3 aromatic rings. The molecule has 1 N–H and O–H groups in total. The molecule has 0 saturated heterocycles. The Balaban J connectivity index is 1.67. The number of aromatic hydroxyl groups is 1. The third-order valence-electron chi connectivity index (χ3n) is 4.45. The van der Waals surface area contributed by atoms with E-state index in [1.165, 1.54) is 12.1 Å². The Labute approximate surface area is 181 Å². The Hall–Kier alpha value is -3.99. The van der Waals surface area contributed by atoms with Gasteiger partial charge in [-0.1, -0.05) is 55.1 Å². The summed E-state index contributed by atoms with van der Waals surface area (Å²) in [6.45, 7) is 4.37. The van der Waals surface area contributed by atoms with Crippen LogP contribution < -0.4 is 14.2 Å². The fraction of sp³-hybridized carbons (Fsp3) is 0.115. The van der Waals surface area contributed by atoms with Crippen molar-refractivity contribution >= 4 is 11.9 Å². The second-order valence-corrected chi connectivity index (χ2v) is 6.66. The summed E-state index contributed by atoms with van der Waals surface area (Å²) in [5.41, 5.74) is 1.97. The van der Waals surface area contributed by atoms with Crippen molar-refractivity contribution in [3.8, 4) is 23.0 Å². The van der Waals surface area contributed by atoms with Gasteiger partial charge in [0.15, 0.2) is 17.3 Å². The van der Waals surface area contributed by atoms with E-state index in [0.29, 0.717) is 30.5 Å². The van der Waals surface area contributed by atoms with Gasteiger partial charge in [0.1, 0.15) is 24.7 Å². The number of hydrogen-bond donors (Lipinski definition) is 1. The van der Waals surface area contributed by atoms with Crippen LogP contribution in [0.25, 0.3) is 6.08 Å². The lowest BCUT2D eigenvalue weighted by Gasteiger charge is -2.10. The molecule has 0 amide bonds. The third-order valence-corrected chi connectivity index (χ3v) is 4.45. The number of carbonyl (C=O) groups is 1. The lowest BCUT2D eigenvalue weighted by Crippen LogP contribution is -1.98. The van der Waals surface area contributed by atoms with Crippen LogP contribution in [0.5, 0.6) is 23.0 Å². The first-order chi connectivity index (χ1) is 15.1. The SMILES string of the molecule is C=CCOc1ccc(/C=C/C(=O)c2ccc(OCc3ccccc3)cc2O)cc1OC. The summed E-state index contributed by atoms with van der Waals surface area (Å²) in [6, 6.07) is 19.7. The average Bonchev–Trinajstić information content (AvgIpc) is 2.80. The van der Waals surface area contributed by atoms with Crippen LogP contribution in [0, 0.1) is 0 Å². The smallest absolute Gasteiger partial charge is 0.189 e. The standard InChI is InChI=1S/C26H24O5/c1-3-15-30-25-14-10-19(16-26(25)29-2)9-13-23(27)22-12-11-21(17-24(22)28)31-18-20-7-5-4-6-8-20/h3-14,16-17,28H,1,15,18H2,2H3/b13-9+. The van der Waals surface area contributed by atoms with Gasteiger partial charge in [-0.3, -0.25) is 4.79 Å². The number of allylic oxidation sites excluding steroid dienone is 1.